The molecule has 92 valence electrons. The average molecular weight is 282 g/mol. The Hall–Kier alpha value is -1.92. The number of benzene rings is 1. The fraction of sp³-hybridized carbons (Fsp3) is 0. The maximum Gasteiger partial charge on any atom is 0.315 e. The Morgan fingerprint density at radius 1 is 1.22 bits per heavy atom. The number of carbonyl (C=O) groups is 2. The fourth-order valence-electron chi connectivity index (χ4n) is 1.19. The van der Waals surface area contributed by atoms with Crippen molar-refractivity contribution in [3.63, 3.8) is 0 Å². The number of halogens is 1. The van der Waals surface area contributed by atoms with Crippen LogP contribution in [0.4, 0.5) is 10.8 Å². The summed E-state index contributed by atoms with van der Waals surface area (Å²) in [6.07, 6.45) is 1.54. The van der Waals surface area contributed by atoms with E-state index in [1.165, 1.54) is 17.5 Å². The topological polar surface area (TPSA) is 71.1 Å². The van der Waals surface area contributed by atoms with E-state index in [1.807, 2.05) is 0 Å². The van der Waals surface area contributed by atoms with E-state index < -0.39 is 11.8 Å². The summed E-state index contributed by atoms with van der Waals surface area (Å²) in [6, 6.07) is 6.54. The number of nitrogens with one attached hydrogen (secondary N) is 2. The van der Waals surface area contributed by atoms with Crippen molar-refractivity contribution in [1.82, 2.24) is 4.98 Å². The highest BCUT2D eigenvalue weighted by Crippen LogP contribution is 2.15. The predicted octanol–water partition coefficient (Wildman–Crippen LogP) is 2.37. The van der Waals surface area contributed by atoms with E-state index >= 15 is 0 Å². The first kappa shape index (κ1) is 12.5. The molecule has 1 aromatic heterocycles. The van der Waals surface area contributed by atoms with E-state index in [2.05, 4.69) is 15.6 Å². The SMILES string of the molecule is O=C(Nc1cccc(Cl)c1)C(=O)Nc1nccs1. The van der Waals surface area contributed by atoms with Gasteiger partial charge in [-0.1, -0.05) is 17.7 Å². The van der Waals surface area contributed by atoms with Crippen LogP contribution in [0.15, 0.2) is 35.8 Å². The Morgan fingerprint density at radius 3 is 2.67 bits per heavy atom. The van der Waals surface area contributed by atoms with Gasteiger partial charge in [-0.05, 0) is 18.2 Å². The molecule has 1 heterocycles. The molecule has 0 bridgehead atoms. The number of amides is 2. The van der Waals surface area contributed by atoms with Crippen LogP contribution in [0.2, 0.25) is 5.02 Å². The third-order valence-electron chi connectivity index (χ3n) is 1.94. The van der Waals surface area contributed by atoms with E-state index in [0.717, 1.165) is 0 Å². The van der Waals surface area contributed by atoms with Gasteiger partial charge in [0, 0.05) is 22.3 Å². The second-order valence-corrected chi connectivity index (χ2v) is 4.59. The van der Waals surface area contributed by atoms with Gasteiger partial charge in [0.1, 0.15) is 0 Å². The zero-order chi connectivity index (χ0) is 13.0. The number of anilines is 2. The van der Waals surface area contributed by atoms with Crippen LogP contribution in [-0.2, 0) is 9.59 Å². The van der Waals surface area contributed by atoms with Crippen molar-refractivity contribution in [2.45, 2.75) is 0 Å². The van der Waals surface area contributed by atoms with E-state index in [9.17, 15) is 9.59 Å². The Bertz CT molecular complexity index is 571. The third kappa shape index (κ3) is 3.28. The quantitative estimate of drug-likeness (QED) is 0.830. The molecular formula is C11H8ClN3O2S. The van der Waals surface area contributed by atoms with Gasteiger partial charge in [-0.25, -0.2) is 4.98 Å². The highest BCUT2D eigenvalue weighted by atomic mass is 35.5. The zero-order valence-corrected chi connectivity index (χ0v) is 10.6. The van der Waals surface area contributed by atoms with Gasteiger partial charge in [0.05, 0.1) is 0 Å². The summed E-state index contributed by atoms with van der Waals surface area (Å²) in [4.78, 5) is 26.9. The smallest absolute Gasteiger partial charge is 0.315 e. The summed E-state index contributed by atoms with van der Waals surface area (Å²) in [5.74, 6) is -1.54. The molecule has 2 aromatic rings. The van der Waals surface area contributed by atoms with Gasteiger partial charge < -0.3 is 5.32 Å². The van der Waals surface area contributed by atoms with Gasteiger partial charge in [-0.3, -0.25) is 14.9 Å². The molecule has 0 spiro atoms. The molecule has 0 radical (unpaired) electrons. The molecule has 0 aliphatic rings. The van der Waals surface area contributed by atoms with Crippen LogP contribution in [0.3, 0.4) is 0 Å². The molecule has 0 aliphatic heterocycles. The number of rotatable bonds is 2. The second kappa shape index (κ2) is 5.61. The predicted molar refractivity (Wildman–Crippen MR) is 70.8 cm³/mol. The first-order valence-corrected chi connectivity index (χ1v) is 6.18. The van der Waals surface area contributed by atoms with Crippen molar-refractivity contribution in [3.05, 3.63) is 40.9 Å². The van der Waals surface area contributed by atoms with E-state index in [-0.39, 0.29) is 0 Å². The Morgan fingerprint density at radius 2 is 2.00 bits per heavy atom. The molecule has 0 atom stereocenters. The van der Waals surface area contributed by atoms with Crippen molar-refractivity contribution < 1.29 is 9.59 Å². The third-order valence-corrected chi connectivity index (χ3v) is 2.87. The summed E-state index contributed by atoms with van der Waals surface area (Å²) in [5.41, 5.74) is 0.460. The number of thiazole rings is 1. The van der Waals surface area contributed by atoms with Crippen molar-refractivity contribution in [1.29, 1.82) is 0 Å². The first-order valence-electron chi connectivity index (χ1n) is 4.92. The molecule has 7 heteroatoms. The lowest BCUT2D eigenvalue weighted by atomic mass is 10.3. The maximum absolute atomic E-state index is 11.6. The van der Waals surface area contributed by atoms with Crippen LogP contribution in [0.1, 0.15) is 0 Å². The first-order chi connectivity index (χ1) is 8.65. The minimum absolute atomic E-state index is 0.376. The molecular weight excluding hydrogens is 274 g/mol. The molecule has 2 rings (SSSR count). The number of carbonyl (C=O) groups excluding carboxylic acids is 2. The van der Waals surface area contributed by atoms with E-state index in [4.69, 9.17) is 11.6 Å². The minimum Gasteiger partial charge on any atom is -0.318 e. The molecule has 0 fully saturated rings. The molecule has 0 saturated carbocycles. The second-order valence-electron chi connectivity index (χ2n) is 3.26. The van der Waals surface area contributed by atoms with Gasteiger partial charge in [0.15, 0.2) is 5.13 Å². The van der Waals surface area contributed by atoms with Crippen molar-refractivity contribution in [3.8, 4) is 0 Å². The fourth-order valence-corrected chi connectivity index (χ4v) is 1.91. The molecule has 2 amide bonds. The number of nitrogens with zero attached hydrogens (tertiary/aromatic N) is 1. The summed E-state index contributed by atoms with van der Waals surface area (Å²) < 4.78 is 0. The summed E-state index contributed by atoms with van der Waals surface area (Å²) in [7, 11) is 0. The van der Waals surface area contributed by atoms with Crippen LogP contribution in [0, 0.1) is 0 Å². The number of aromatic nitrogens is 1. The summed E-state index contributed by atoms with van der Waals surface area (Å²) in [6.45, 7) is 0. The molecule has 1 aromatic carbocycles. The molecule has 0 unspecified atom stereocenters. The monoisotopic (exact) mass is 281 g/mol. The standard InChI is InChI=1S/C11H8ClN3O2S/c12-7-2-1-3-8(6-7)14-9(16)10(17)15-11-13-4-5-18-11/h1-6H,(H,14,16)(H,13,15,17). The van der Waals surface area contributed by atoms with Crippen LogP contribution >= 0.6 is 22.9 Å². The minimum atomic E-state index is -0.773. The van der Waals surface area contributed by atoms with E-state index in [1.54, 1.807) is 29.6 Å². The highest BCUT2D eigenvalue weighted by molar-refractivity contribution is 7.13. The number of hydrogen-bond donors (Lipinski definition) is 2. The van der Waals surface area contributed by atoms with Gasteiger partial charge in [-0.2, -0.15) is 0 Å². The van der Waals surface area contributed by atoms with Crippen molar-refractivity contribution in [2.75, 3.05) is 10.6 Å². The highest BCUT2D eigenvalue weighted by Gasteiger charge is 2.14. The molecule has 0 saturated heterocycles. The van der Waals surface area contributed by atoms with E-state index in [0.29, 0.717) is 15.8 Å². The Labute approximate surface area is 112 Å². The summed E-state index contributed by atoms with van der Waals surface area (Å²) >= 11 is 7.00. The largest absolute Gasteiger partial charge is 0.318 e. The normalized spacial score (nSPS) is 9.83. The lowest BCUT2D eigenvalue weighted by molar-refractivity contribution is -0.132. The van der Waals surface area contributed by atoms with Gasteiger partial charge >= 0.3 is 11.8 Å². The van der Waals surface area contributed by atoms with Crippen molar-refractivity contribution in [2.24, 2.45) is 0 Å². The summed E-state index contributed by atoms with van der Waals surface area (Å²) in [5, 5.41) is 7.37. The van der Waals surface area contributed by atoms with Gasteiger partial charge in [0.2, 0.25) is 0 Å². The Balaban J connectivity index is 1.97. The molecule has 5 nitrogen and oxygen atoms in total. The Kier molecular flexibility index (Phi) is 3.91. The maximum atomic E-state index is 11.6. The number of hydrogen-bond acceptors (Lipinski definition) is 4. The van der Waals surface area contributed by atoms with Crippen LogP contribution in [0.25, 0.3) is 0 Å². The van der Waals surface area contributed by atoms with Crippen LogP contribution in [0.5, 0.6) is 0 Å². The molecule has 2 N–H and O–H groups in total. The zero-order valence-electron chi connectivity index (χ0n) is 9.01. The van der Waals surface area contributed by atoms with Gasteiger partial charge in [0.25, 0.3) is 0 Å². The average Bonchev–Trinajstić information content (AvgIpc) is 2.81. The molecule has 0 aliphatic carbocycles. The van der Waals surface area contributed by atoms with Gasteiger partial charge in [-0.15, -0.1) is 11.3 Å². The lowest BCUT2D eigenvalue weighted by Gasteiger charge is -2.04. The van der Waals surface area contributed by atoms with Crippen LogP contribution < -0.4 is 10.6 Å². The van der Waals surface area contributed by atoms with Crippen LogP contribution in [-0.4, -0.2) is 16.8 Å². The van der Waals surface area contributed by atoms with Crippen molar-refractivity contribution >= 4 is 45.6 Å². The lowest BCUT2D eigenvalue weighted by Crippen LogP contribution is -2.28. The molecule has 18 heavy (non-hydrogen) atoms.